The first kappa shape index (κ1) is 18.9. The Morgan fingerprint density at radius 2 is 1.64 bits per heavy atom. The Morgan fingerprint density at radius 1 is 0.929 bits per heavy atom. The molecule has 28 heavy (non-hydrogen) atoms. The van der Waals surface area contributed by atoms with E-state index in [-0.39, 0.29) is 17.7 Å². The third-order valence-corrected chi connectivity index (χ3v) is 5.81. The van der Waals surface area contributed by atoms with Crippen molar-refractivity contribution in [1.82, 2.24) is 4.90 Å². The third kappa shape index (κ3) is 3.74. The van der Waals surface area contributed by atoms with Crippen LogP contribution in [0.2, 0.25) is 10.0 Å². The van der Waals surface area contributed by atoms with Crippen molar-refractivity contribution in [2.24, 2.45) is 0 Å². The van der Waals surface area contributed by atoms with Gasteiger partial charge in [-0.05, 0) is 47.7 Å². The molecule has 1 aromatic heterocycles. The molecule has 0 radical (unpaired) electrons. The molecule has 3 aromatic rings. The van der Waals surface area contributed by atoms with E-state index in [4.69, 9.17) is 27.6 Å². The molecule has 1 fully saturated rings. The van der Waals surface area contributed by atoms with Gasteiger partial charge in [-0.15, -0.1) is 0 Å². The van der Waals surface area contributed by atoms with E-state index in [9.17, 15) is 9.59 Å². The maximum absolute atomic E-state index is 12.7. The van der Waals surface area contributed by atoms with Crippen LogP contribution in [0.4, 0.5) is 4.79 Å². The van der Waals surface area contributed by atoms with Crippen molar-refractivity contribution in [2.45, 2.75) is 6.54 Å². The normalized spacial score (nSPS) is 15.6. The lowest BCUT2D eigenvalue weighted by molar-refractivity contribution is -0.123. The van der Waals surface area contributed by atoms with Gasteiger partial charge in [0.1, 0.15) is 11.5 Å². The summed E-state index contributed by atoms with van der Waals surface area (Å²) in [7, 11) is 0. The largest absolute Gasteiger partial charge is 0.457 e. The van der Waals surface area contributed by atoms with E-state index in [1.807, 2.05) is 24.3 Å². The molecule has 2 aromatic carbocycles. The minimum Gasteiger partial charge on any atom is -0.457 e. The molecule has 0 unspecified atom stereocenters. The summed E-state index contributed by atoms with van der Waals surface area (Å²) < 4.78 is 5.79. The van der Waals surface area contributed by atoms with Crippen molar-refractivity contribution < 1.29 is 14.0 Å². The summed E-state index contributed by atoms with van der Waals surface area (Å²) in [5.74, 6) is 0.691. The zero-order valence-corrected chi connectivity index (χ0v) is 16.7. The number of carbonyl (C=O) groups is 2. The highest BCUT2D eigenvalue weighted by Crippen LogP contribution is 2.35. The minimum absolute atomic E-state index is 0.130. The number of rotatable bonds is 4. The van der Waals surface area contributed by atoms with Crippen LogP contribution in [0.5, 0.6) is 0 Å². The van der Waals surface area contributed by atoms with Gasteiger partial charge in [0, 0.05) is 16.7 Å². The van der Waals surface area contributed by atoms with Crippen LogP contribution in [0.25, 0.3) is 17.4 Å². The summed E-state index contributed by atoms with van der Waals surface area (Å²) in [6.45, 7) is 0.130. The molecule has 7 heteroatoms. The highest BCUT2D eigenvalue weighted by Gasteiger charge is 2.35. The second-order valence-corrected chi connectivity index (χ2v) is 7.85. The molecule has 1 saturated heterocycles. The first-order valence-electron chi connectivity index (χ1n) is 8.36. The topological polar surface area (TPSA) is 50.5 Å². The molecule has 0 saturated carbocycles. The van der Waals surface area contributed by atoms with E-state index in [0.29, 0.717) is 32.0 Å². The SMILES string of the molecule is O=C1S/C(=C\c2ccc(-c3ccccc3Cl)o2)C(=O)N1Cc1ccccc1Cl. The van der Waals surface area contributed by atoms with Gasteiger partial charge in [0.2, 0.25) is 0 Å². The molecule has 0 N–H and O–H groups in total. The first-order chi connectivity index (χ1) is 13.5. The number of carbonyl (C=O) groups excluding carboxylic acids is 2. The highest BCUT2D eigenvalue weighted by atomic mass is 35.5. The smallest absolute Gasteiger partial charge is 0.293 e. The number of thioether (sulfide) groups is 1. The summed E-state index contributed by atoms with van der Waals surface area (Å²) >= 11 is 13.2. The Bertz CT molecular complexity index is 1110. The number of hydrogen-bond donors (Lipinski definition) is 0. The van der Waals surface area contributed by atoms with E-state index in [1.54, 1.807) is 42.5 Å². The Kier molecular flexibility index (Phi) is 5.31. The molecule has 2 heterocycles. The maximum atomic E-state index is 12.7. The van der Waals surface area contributed by atoms with Crippen molar-refractivity contribution in [1.29, 1.82) is 0 Å². The van der Waals surface area contributed by atoms with Crippen LogP contribution < -0.4 is 0 Å². The molecule has 1 aliphatic rings. The predicted molar refractivity (Wildman–Crippen MR) is 112 cm³/mol. The van der Waals surface area contributed by atoms with E-state index < -0.39 is 0 Å². The van der Waals surface area contributed by atoms with Gasteiger partial charge in [0.25, 0.3) is 11.1 Å². The Hall–Kier alpha value is -2.47. The second kappa shape index (κ2) is 7.87. The molecule has 140 valence electrons. The van der Waals surface area contributed by atoms with Gasteiger partial charge in [-0.1, -0.05) is 53.5 Å². The van der Waals surface area contributed by atoms with E-state index in [1.165, 1.54) is 4.90 Å². The fraction of sp³-hybridized carbons (Fsp3) is 0.0476. The van der Waals surface area contributed by atoms with Gasteiger partial charge in [-0.25, -0.2) is 0 Å². The summed E-state index contributed by atoms with van der Waals surface area (Å²) in [5.41, 5.74) is 1.47. The van der Waals surface area contributed by atoms with Gasteiger partial charge in [0.05, 0.1) is 16.5 Å². The molecule has 0 spiro atoms. The number of hydrogen-bond acceptors (Lipinski definition) is 4. The average molecular weight is 430 g/mol. The third-order valence-electron chi connectivity index (χ3n) is 4.20. The highest BCUT2D eigenvalue weighted by molar-refractivity contribution is 8.18. The van der Waals surface area contributed by atoms with Crippen LogP contribution in [0.3, 0.4) is 0 Å². The van der Waals surface area contributed by atoms with Crippen LogP contribution in [-0.4, -0.2) is 16.0 Å². The minimum atomic E-state index is -0.370. The van der Waals surface area contributed by atoms with Crippen molar-refractivity contribution >= 4 is 52.2 Å². The molecule has 1 aliphatic heterocycles. The zero-order valence-electron chi connectivity index (χ0n) is 14.4. The number of benzene rings is 2. The fourth-order valence-electron chi connectivity index (χ4n) is 2.80. The molecule has 0 bridgehead atoms. The van der Waals surface area contributed by atoms with Crippen molar-refractivity contribution in [3.8, 4) is 11.3 Å². The quantitative estimate of drug-likeness (QED) is 0.444. The average Bonchev–Trinajstić information content (AvgIpc) is 3.24. The van der Waals surface area contributed by atoms with Crippen molar-refractivity contribution in [3.63, 3.8) is 0 Å². The lowest BCUT2D eigenvalue weighted by Gasteiger charge is -2.13. The number of furan rings is 1. The lowest BCUT2D eigenvalue weighted by atomic mass is 10.2. The van der Waals surface area contributed by atoms with Crippen LogP contribution in [-0.2, 0) is 11.3 Å². The van der Waals surface area contributed by atoms with Crippen LogP contribution in [0, 0.1) is 0 Å². The van der Waals surface area contributed by atoms with Crippen molar-refractivity contribution in [2.75, 3.05) is 0 Å². The van der Waals surface area contributed by atoms with Gasteiger partial charge >= 0.3 is 0 Å². The van der Waals surface area contributed by atoms with E-state index in [0.717, 1.165) is 17.3 Å². The summed E-state index contributed by atoms with van der Waals surface area (Å²) in [6, 6.07) is 18.0. The summed E-state index contributed by atoms with van der Waals surface area (Å²) in [6.07, 6.45) is 1.57. The van der Waals surface area contributed by atoms with Gasteiger partial charge in [-0.3, -0.25) is 14.5 Å². The molecule has 2 amide bonds. The van der Waals surface area contributed by atoms with Crippen LogP contribution in [0.15, 0.2) is 70.0 Å². The summed E-state index contributed by atoms with van der Waals surface area (Å²) in [5, 5.41) is 0.749. The zero-order chi connectivity index (χ0) is 19.7. The monoisotopic (exact) mass is 429 g/mol. The first-order valence-corrected chi connectivity index (χ1v) is 9.93. The van der Waals surface area contributed by atoms with E-state index >= 15 is 0 Å². The standard InChI is InChI=1S/C21H13Cl2NO3S/c22-16-7-3-1-5-13(16)12-24-20(25)19(28-21(24)26)11-14-9-10-18(27-14)15-6-2-4-8-17(15)23/h1-11H,12H2/b19-11-. The van der Waals surface area contributed by atoms with Crippen LogP contribution in [0.1, 0.15) is 11.3 Å². The predicted octanol–water partition coefficient (Wildman–Crippen LogP) is 6.49. The van der Waals surface area contributed by atoms with Gasteiger partial charge < -0.3 is 4.42 Å². The molecular formula is C21H13Cl2NO3S. The van der Waals surface area contributed by atoms with Crippen molar-refractivity contribution in [3.05, 3.63) is 86.9 Å². The number of imide groups is 1. The summed E-state index contributed by atoms with van der Waals surface area (Å²) in [4.78, 5) is 26.5. The fourth-order valence-corrected chi connectivity index (χ4v) is 4.04. The molecule has 4 rings (SSSR count). The number of nitrogens with zero attached hydrogens (tertiary/aromatic N) is 1. The Balaban J connectivity index is 1.56. The second-order valence-electron chi connectivity index (χ2n) is 6.04. The molecule has 0 aliphatic carbocycles. The number of amides is 2. The van der Waals surface area contributed by atoms with E-state index in [2.05, 4.69) is 0 Å². The Labute approximate surface area is 175 Å². The van der Waals surface area contributed by atoms with Gasteiger partial charge in [0.15, 0.2) is 0 Å². The number of halogens is 2. The maximum Gasteiger partial charge on any atom is 0.293 e. The van der Waals surface area contributed by atoms with Gasteiger partial charge in [-0.2, -0.15) is 0 Å². The molecule has 0 atom stereocenters. The molecular weight excluding hydrogens is 417 g/mol. The molecule has 4 nitrogen and oxygen atoms in total. The Morgan fingerprint density at radius 3 is 2.39 bits per heavy atom. The van der Waals surface area contributed by atoms with Crippen LogP contribution >= 0.6 is 35.0 Å². The lowest BCUT2D eigenvalue weighted by Crippen LogP contribution is -2.27.